The maximum atomic E-state index is 8.32. The number of nitriles is 1. The molecule has 13 heavy (non-hydrogen) atoms. The summed E-state index contributed by atoms with van der Waals surface area (Å²) in [7, 11) is 2.10. The van der Waals surface area contributed by atoms with Crippen molar-refractivity contribution in [1.82, 2.24) is 10.2 Å². The zero-order valence-corrected chi connectivity index (χ0v) is 8.12. The van der Waals surface area contributed by atoms with Gasteiger partial charge in [-0.2, -0.15) is 5.26 Å². The van der Waals surface area contributed by atoms with Crippen LogP contribution in [0.15, 0.2) is 0 Å². The molecule has 1 unspecified atom stereocenters. The van der Waals surface area contributed by atoms with E-state index in [1.807, 2.05) is 0 Å². The van der Waals surface area contributed by atoms with E-state index in [2.05, 4.69) is 23.3 Å². The molecule has 1 aliphatic heterocycles. The summed E-state index contributed by atoms with van der Waals surface area (Å²) >= 11 is 0. The molecule has 1 saturated heterocycles. The van der Waals surface area contributed by atoms with E-state index in [0.29, 0.717) is 6.42 Å². The summed E-state index contributed by atoms with van der Waals surface area (Å²) in [5, 5.41) is 11.5. The van der Waals surface area contributed by atoms with Crippen molar-refractivity contribution in [3.05, 3.63) is 0 Å². The fourth-order valence-corrected chi connectivity index (χ4v) is 1.40. The van der Waals surface area contributed by atoms with Crippen LogP contribution in [0.3, 0.4) is 0 Å². The molecule has 4 nitrogen and oxygen atoms in total. The van der Waals surface area contributed by atoms with E-state index in [1.165, 1.54) is 0 Å². The molecule has 1 rings (SSSR count). The molecule has 0 spiro atoms. The third kappa shape index (κ3) is 4.23. The zero-order chi connectivity index (χ0) is 9.52. The molecular formula is C9H17N3O. The standard InChI is InChI=1S/C9H17N3O/c1-12-5-6-13-9(8-12)7-11-4-2-3-10/h9,11H,2,4-8H2,1H3. The highest BCUT2D eigenvalue weighted by Gasteiger charge is 2.16. The van der Waals surface area contributed by atoms with Crippen LogP contribution >= 0.6 is 0 Å². The first-order valence-corrected chi connectivity index (χ1v) is 4.70. The maximum absolute atomic E-state index is 8.32. The van der Waals surface area contributed by atoms with Crippen LogP contribution in [0.1, 0.15) is 6.42 Å². The first kappa shape index (κ1) is 10.5. The van der Waals surface area contributed by atoms with Crippen LogP contribution < -0.4 is 5.32 Å². The van der Waals surface area contributed by atoms with Gasteiger partial charge >= 0.3 is 0 Å². The average Bonchev–Trinajstić information content (AvgIpc) is 2.13. The molecule has 0 amide bonds. The summed E-state index contributed by atoms with van der Waals surface area (Å²) in [6, 6.07) is 2.10. The van der Waals surface area contributed by atoms with Crippen molar-refractivity contribution in [3.63, 3.8) is 0 Å². The van der Waals surface area contributed by atoms with Crippen LogP contribution in [0.5, 0.6) is 0 Å². The predicted octanol–water partition coefficient (Wildman–Crippen LogP) is -0.180. The summed E-state index contributed by atoms with van der Waals surface area (Å²) in [5.41, 5.74) is 0. The Kier molecular flexibility index (Phi) is 4.76. The molecule has 1 N–H and O–H groups in total. The molecule has 1 fully saturated rings. The Labute approximate surface area is 79.5 Å². The number of hydrogen-bond acceptors (Lipinski definition) is 4. The van der Waals surface area contributed by atoms with E-state index in [9.17, 15) is 0 Å². The van der Waals surface area contributed by atoms with Gasteiger partial charge < -0.3 is 15.0 Å². The highest BCUT2D eigenvalue weighted by Crippen LogP contribution is 2.01. The van der Waals surface area contributed by atoms with Crippen LogP contribution in [0.2, 0.25) is 0 Å². The minimum atomic E-state index is 0.289. The van der Waals surface area contributed by atoms with Crippen molar-refractivity contribution >= 4 is 0 Å². The third-order valence-electron chi connectivity index (χ3n) is 2.13. The van der Waals surface area contributed by atoms with Crippen molar-refractivity contribution < 1.29 is 4.74 Å². The topological polar surface area (TPSA) is 48.3 Å². The number of likely N-dealkylation sites (N-methyl/N-ethyl adjacent to an activating group) is 1. The SMILES string of the molecule is CN1CCOC(CNCCC#N)C1. The predicted molar refractivity (Wildman–Crippen MR) is 50.3 cm³/mol. The normalized spacial score (nSPS) is 24.2. The molecule has 1 atom stereocenters. The monoisotopic (exact) mass is 183 g/mol. The van der Waals surface area contributed by atoms with Gasteiger partial charge in [-0.05, 0) is 7.05 Å². The molecule has 0 radical (unpaired) electrons. The van der Waals surface area contributed by atoms with Crippen molar-refractivity contribution in [2.45, 2.75) is 12.5 Å². The summed E-state index contributed by atoms with van der Waals surface area (Å²) in [6.07, 6.45) is 0.861. The second-order valence-electron chi connectivity index (χ2n) is 3.37. The Bertz CT molecular complexity index is 178. The van der Waals surface area contributed by atoms with Crippen LogP contribution in [0.4, 0.5) is 0 Å². The number of ether oxygens (including phenoxy) is 1. The van der Waals surface area contributed by atoms with Crippen LogP contribution in [0.25, 0.3) is 0 Å². The molecule has 0 aromatic rings. The minimum Gasteiger partial charge on any atom is -0.374 e. The average molecular weight is 183 g/mol. The summed E-state index contributed by atoms with van der Waals surface area (Å²) in [4.78, 5) is 2.26. The fourth-order valence-electron chi connectivity index (χ4n) is 1.40. The van der Waals surface area contributed by atoms with Crippen LogP contribution in [-0.2, 0) is 4.74 Å². The summed E-state index contributed by atoms with van der Waals surface area (Å²) < 4.78 is 5.54. The third-order valence-corrected chi connectivity index (χ3v) is 2.13. The zero-order valence-electron chi connectivity index (χ0n) is 8.12. The largest absolute Gasteiger partial charge is 0.374 e. The van der Waals surface area contributed by atoms with Gasteiger partial charge in [0.15, 0.2) is 0 Å². The molecule has 0 aromatic heterocycles. The van der Waals surface area contributed by atoms with Gasteiger partial charge in [0.05, 0.1) is 18.8 Å². The lowest BCUT2D eigenvalue weighted by Gasteiger charge is -2.30. The molecule has 74 valence electrons. The van der Waals surface area contributed by atoms with Gasteiger partial charge in [-0.1, -0.05) is 0 Å². The van der Waals surface area contributed by atoms with Gasteiger partial charge in [0.2, 0.25) is 0 Å². The fraction of sp³-hybridized carbons (Fsp3) is 0.889. The van der Waals surface area contributed by atoms with Gasteiger partial charge in [-0.15, -0.1) is 0 Å². The highest BCUT2D eigenvalue weighted by molar-refractivity contribution is 4.74. The number of rotatable bonds is 4. The lowest BCUT2D eigenvalue weighted by atomic mass is 10.3. The van der Waals surface area contributed by atoms with E-state index in [4.69, 9.17) is 10.00 Å². The van der Waals surface area contributed by atoms with Crippen molar-refractivity contribution in [2.75, 3.05) is 39.8 Å². The highest BCUT2D eigenvalue weighted by atomic mass is 16.5. The number of hydrogen-bond donors (Lipinski definition) is 1. The first-order valence-electron chi connectivity index (χ1n) is 4.70. The summed E-state index contributed by atoms with van der Waals surface area (Å²) in [5.74, 6) is 0. The van der Waals surface area contributed by atoms with Gasteiger partial charge in [0.25, 0.3) is 0 Å². The molecule has 1 heterocycles. The number of nitrogens with one attached hydrogen (secondary N) is 1. The van der Waals surface area contributed by atoms with Gasteiger partial charge in [0, 0.05) is 32.6 Å². The Morgan fingerprint density at radius 1 is 1.69 bits per heavy atom. The smallest absolute Gasteiger partial charge is 0.0826 e. The van der Waals surface area contributed by atoms with Gasteiger partial charge in [-0.3, -0.25) is 0 Å². The Morgan fingerprint density at radius 2 is 2.54 bits per heavy atom. The molecule has 0 aromatic carbocycles. The molecule has 4 heteroatoms. The van der Waals surface area contributed by atoms with Crippen molar-refractivity contribution in [3.8, 4) is 6.07 Å². The van der Waals surface area contributed by atoms with Crippen LogP contribution in [0, 0.1) is 11.3 Å². The van der Waals surface area contributed by atoms with Gasteiger partial charge in [0.1, 0.15) is 0 Å². The van der Waals surface area contributed by atoms with E-state index in [-0.39, 0.29) is 6.10 Å². The minimum absolute atomic E-state index is 0.289. The van der Waals surface area contributed by atoms with E-state index in [1.54, 1.807) is 0 Å². The lowest BCUT2D eigenvalue weighted by Crippen LogP contribution is -2.44. The Hall–Kier alpha value is -0.630. The molecule has 0 aliphatic carbocycles. The Balaban J connectivity index is 2.04. The van der Waals surface area contributed by atoms with Crippen molar-refractivity contribution in [1.29, 1.82) is 5.26 Å². The second-order valence-corrected chi connectivity index (χ2v) is 3.37. The molecule has 1 aliphatic rings. The quantitative estimate of drug-likeness (QED) is 0.614. The Morgan fingerprint density at radius 3 is 3.23 bits per heavy atom. The first-order chi connectivity index (χ1) is 6.33. The van der Waals surface area contributed by atoms with Crippen LogP contribution in [-0.4, -0.2) is 50.8 Å². The lowest BCUT2D eigenvalue weighted by molar-refractivity contribution is -0.0179. The molecule has 0 saturated carbocycles. The summed E-state index contributed by atoms with van der Waals surface area (Å²) in [6.45, 7) is 4.45. The van der Waals surface area contributed by atoms with E-state index >= 15 is 0 Å². The number of nitrogens with zero attached hydrogens (tertiary/aromatic N) is 2. The second kappa shape index (κ2) is 5.92. The van der Waals surface area contributed by atoms with Crippen molar-refractivity contribution in [2.24, 2.45) is 0 Å². The van der Waals surface area contributed by atoms with E-state index in [0.717, 1.165) is 32.8 Å². The number of morpholine rings is 1. The molecular weight excluding hydrogens is 166 g/mol. The maximum Gasteiger partial charge on any atom is 0.0826 e. The van der Waals surface area contributed by atoms with Gasteiger partial charge in [-0.25, -0.2) is 0 Å². The molecule has 0 bridgehead atoms. The van der Waals surface area contributed by atoms with E-state index < -0.39 is 0 Å².